The van der Waals surface area contributed by atoms with Crippen LogP contribution < -0.4 is 5.73 Å². The number of amides is 2. The number of nitrogens with two attached hydrogens (primary N) is 1. The zero-order valence-electron chi connectivity index (χ0n) is 15.5. The Morgan fingerprint density at radius 1 is 1.15 bits per heavy atom. The molecule has 26 heavy (non-hydrogen) atoms. The molecule has 2 heterocycles. The fourth-order valence-electron chi connectivity index (χ4n) is 5.34. The smallest absolute Gasteiger partial charge is 0.320 e. The van der Waals surface area contributed by atoms with Crippen LogP contribution in [-0.4, -0.2) is 41.5 Å². The minimum atomic E-state index is -0.253. The molecule has 3 aliphatic rings. The Balaban J connectivity index is 1.54. The van der Waals surface area contributed by atoms with E-state index in [-0.39, 0.29) is 23.9 Å². The summed E-state index contributed by atoms with van der Waals surface area (Å²) in [5, 5.41) is 0. The quantitative estimate of drug-likeness (QED) is 0.822. The second kappa shape index (κ2) is 7.18. The Labute approximate surface area is 155 Å². The first-order chi connectivity index (χ1) is 12.6. The molecule has 4 nitrogen and oxygen atoms in total. The average molecular weight is 359 g/mol. The van der Waals surface area contributed by atoms with E-state index in [0.29, 0.717) is 18.4 Å². The molecule has 0 bridgehead atoms. The lowest BCUT2D eigenvalue weighted by Crippen LogP contribution is -2.54. The largest absolute Gasteiger partial charge is 0.328 e. The van der Waals surface area contributed by atoms with Crippen LogP contribution in [0, 0.1) is 11.2 Å². The zero-order valence-corrected chi connectivity index (χ0v) is 15.5. The van der Waals surface area contributed by atoms with Gasteiger partial charge in [-0.15, -0.1) is 0 Å². The molecule has 2 amide bonds. The van der Waals surface area contributed by atoms with Crippen LogP contribution in [0.25, 0.3) is 0 Å². The van der Waals surface area contributed by atoms with Gasteiger partial charge in [-0.25, -0.2) is 9.18 Å². The average Bonchev–Trinajstić information content (AvgIpc) is 3.08. The van der Waals surface area contributed by atoms with E-state index in [2.05, 4.69) is 4.90 Å². The second-order valence-corrected chi connectivity index (χ2v) is 8.56. The Morgan fingerprint density at radius 2 is 1.92 bits per heavy atom. The molecule has 1 aromatic rings. The Hall–Kier alpha value is -1.62. The third kappa shape index (κ3) is 3.46. The molecule has 2 saturated heterocycles. The monoisotopic (exact) mass is 359 g/mol. The molecule has 1 aliphatic carbocycles. The Kier molecular flexibility index (Phi) is 4.91. The van der Waals surface area contributed by atoms with Gasteiger partial charge in [0, 0.05) is 25.7 Å². The molecular formula is C21H30FN3O. The summed E-state index contributed by atoms with van der Waals surface area (Å²) in [6, 6.07) is 6.71. The topological polar surface area (TPSA) is 49.6 Å². The number of piperidine rings is 2. The lowest BCUT2D eigenvalue weighted by Gasteiger charge is -2.45. The van der Waals surface area contributed by atoms with Crippen molar-refractivity contribution in [2.75, 3.05) is 19.6 Å². The fraction of sp³-hybridized carbons (Fsp3) is 0.667. The zero-order chi connectivity index (χ0) is 18.1. The van der Waals surface area contributed by atoms with Crippen LogP contribution in [0.2, 0.25) is 0 Å². The normalized spacial score (nSPS) is 28.5. The second-order valence-electron chi connectivity index (χ2n) is 8.56. The molecule has 3 fully saturated rings. The number of likely N-dealkylation sites (tertiary alicyclic amines) is 2. The van der Waals surface area contributed by atoms with Crippen LogP contribution in [0.3, 0.4) is 0 Å². The van der Waals surface area contributed by atoms with Crippen LogP contribution in [0.1, 0.15) is 63.0 Å². The van der Waals surface area contributed by atoms with Gasteiger partial charge in [0.15, 0.2) is 0 Å². The summed E-state index contributed by atoms with van der Waals surface area (Å²) in [6.07, 6.45) is 8.99. The van der Waals surface area contributed by atoms with Crippen LogP contribution in [0.4, 0.5) is 9.18 Å². The summed E-state index contributed by atoms with van der Waals surface area (Å²) in [5.41, 5.74) is 7.41. The lowest BCUT2D eigenvalue weighted by molar-refractivity contribution is 0.0672. The number of hydrogen-bond acceptors (Lipinski definition) is 2. The van der Waals surface area contributed by atoms with E-state index in [1.807, 2.05) is 11.0 Å². The van der Waals surface area contributed by atoms with Crippen molar-refractivity contribution in [1.29, 1.82) is 0 Å². The Morgan fingerprint density at radius 3 is 2.69 bits per heavy atom. The van der Waals surface area contributed by atoms with E-state index in [4.69, 9.17) is 5.73 Å². The van der Waals surface area contributed by atoms with Crippen molar-refractivity contribution in [3.05, 3.63) is 35.6 Å². The summed E-state index contributed by atoms with van der Waals surface area (Å²) in [5.74, 6) is -0.253. The van der Waals surface area contributed by atoms with Gasteiger partial charge in [-0.2, -0.15) is 0 Å². The van der Waals surface area contributed by atoms with E-state index in [0.717, 1.165) is 31.5 Å². The summed E-state index contributed by atoms with van der Waals surface area (Å²) < 4.78 is 13.8. The molecule has 0 radical (unpaired) electrons. The first-order valence-corrected chi connectivity index (χ1v) is 10.1. The maximum Gasteiger partial charge on any atom is 0.320 e. The van der Waals surface area contributed by atoms with Crippen LogP contribution in [-0.2, 0) is 0 Å². The van der Waals surface area contributed by atoms with Crippen LogP contribution >= 0.6 is 0 Å². The van der Waals surface area contributed by atoms with Gasteiger partial charge in [0.05, 0.1) is 6.04 Å². The van der Waals surface area contributed by atoms with E-state index < -0.39 is 0 Å². The number of urea groups is 1. The standard InChI is InChI=1S/C21H30FN3O/c22-17-6-3-5-16(13-17)19-14-18(23)7-12-25(19)20(26)24-11-4-10-21(15-24)8-1-2-9-21/h3,5-6,13,18-19H,1-2,4,7-12,14-15,23H2/t18-,19+/m1/s1. The highest BCUT2D eigenvalue weighted by atomic mass is 19.1. The van der Waals surface area contributed by atoms with Gasteiger partial charge in [-0.05, 0) is 61.6 Å². The minimum Gasteiger partial charge on any atom is -0.328 e. The summed E-state index contributed by atoms with van der Waals surface area (Å²) >= 11 is 0. The number of hydrogen-bond donors (Lipinski definition) is 1. The van der Waals surface area contributed by atoms with Gasteiger partial charge in [0.25, 0.3) is 0 Å². The molecule has 5 heteroatoms. The highest BCUT2D eigenvalue weighted by Crippen LogP contribution is 2.45. The third-order valence-electron chi connectivity index (χ3n) is 6.72. The number of carbonyl (C=O) groups excluding carboxylic acids is 1. The molecule has 1 spiro atoms. The SMILES string of the molecule is N[C@@H]1CCN(C(=O)N2CCCC3(CCCC3)C2)[C@H](c2cccc(F)c2)C1. The highest BCUT2D eigenvalue weighted by Gasteiger charge is 2.41. The number of benzene rings is 1. The third-order valence-corrected chi connectivity index (χ3v) is 6.72. The molecule has 142 valence electrons. The van der Waals surface area contributed by atoms with Gasteiger partial charge in [0.1, 0.15) is 5.82 Å². The van der Waals surface area contributed by atoms with Crippen molar-refractivity contribution < 1.29 is 9.18 Å². The van der Waals surface area contributed by atoms with Crippen LogP contribution in [0.15, 0.2) is 24.3 Å². The number of carbonyl (C=O) groups is 1. The Bertz CT molecular complexity index is 658. The number of rotatable bonds is 1. The maximum atomic E-state index is 13.8. The first kappa shape index (κ1) is 17.8. The molecule has 2 aliphatic heterocycles. The van der Waals surface area contributed by atoms with E-state index in [1.54, 1.807) is 12.1 Å². The van der Waals surface area contributed by atoms with Gasteiger partial charge >= 0.3 is 6.03 Å². The van der Waals surface area contributed by atoms with Crippen molar-refractivity contribution in [2.24, 2.45) is 11.1 Å². The van der Waals surface area contributed by atoms with Crippen LogP contribution in [0.5, 0.6) is 0 Å². The van der Waals surface area contributed by atoms with E-state index >= 15 is 0 Å². The van der Waals surface area contributed by atoms with Crippen molar-refractivity contribution in [3.63, 3.8) is 0 Å². The van der Waals surface area contributed by atoms with Crippen molar-refractivity contribution in [1.82, 2.24) is 9.80 Å². The van der Waals surface area contributed by atoms with Gasteiger partial charge in [-0.1, -0.05) is 25.0 Å². The van der Waals surface area contributed by atoms with Gasteiger partial charge in [0.2, 0.25) is 0 Å². The first-order valence-electron chi connectivity index (χ1n) is 10.1. The maximum absolute atomic E-state index is 13.8. The van der Waals surface area contributed by atoms with Gasteiger partial charge in [-0.3, -0.25) is 0 Å². The molecule has 0 aromatic heterocycles. The molecular weight excluding hydrogens is 329 g/mol. The van der Waals surface area contributed by atoms with E-state index in [9.17, 15) is 9.18 Å². The predicted octanol–water partition coefficient (Wildman–Crippen LogP) is 4.07. The van der Waals surface area contributed by atoms with Crippen molar-refractivity contribution in [3.8, 4) is 0 Å². The highest BCUT2D eigenvalue weighted by molar-refractivity contribution is 5.75. The number of halogens is 1. The molecule has 1 saturated carbocycles. The molecule has 0 unspecified atom stereocenters. The minimum absolute atomic E-state index is 0.0647. The fourth-order valence-corrected chi connectivity index (χ4v) is 5.34. The summed E-state index contributed by atoms with van der Waals surface area (Å²) in [7, 11) is 0. The summed E-state index contributed by atoms with van der Waals surface area (Å²) in [4.78, 5) is 17.4. The van der Waals surface area contributed by atoms with Crippen molar-refractivity contribution >= 4 is 6.03 Å². The molecule has 2 N–H and O–H groups in total. The van der Waals surface area contributed by atoms with E-state index in [1.165, 1.54) is 38.2 Å². The lowest BCUT2D eigenvalue weighted by atomic mass is 9.78. The predicted molar refractivity (Wildman–Crippen MR) is 100 cm³/mol. The van der Waals surface area contributed by atoms with Crippen molar-refractivity contribution in [2.45, 2.75) is 63.5 Å². The number of nitrogens with zero attached hydrogens (tertiary/aromatic N) is 2. The summed E-state index contributed by atoms with van der Waals surface area (Å²) in [6.45, 7) is 2.40. The molecule has 1 aromatic carbocycles. The molecule has 2 atom stereocenters. The molecule has 4 rings (SSSR count). The van der Waals surface area contributed by atoms with Gasteiger partial charge < -0.3 is 15.5 Å².